The predicted molar refractivity (Wildman–Crippen MR) is 76.4 cm³/mol. The molecule has 0 aliphatic carbocycles. The van der Waals surface area contributed by atoms with E-state index in [0.717, 1.165) is 18.0 Å². The molecule has 1 N–H and O–H groups in total. The van der Waals surface area contributed by atoms with Gasteiger partial charge in [0.1, 0.15) is 0 Å². The molecule has 17 heavy (non-hydrogen) atoms. The van der Waals surface area contributed by atoms with Crippen molar-refractivity contribution in [3.63, 3.8) is 0 Å². The lowest BCUT2D eigenvalue weighted by Crippen LogP contribution is -2.53. The molecule has 0 spiro atoms. The Balaban J connectivity index is 2.27. The third-order valence-corrected chi connectivity index (χ3v) is 3.89. The highest BCUT2D eigenvalue weighted by atomic mass is 15.2. The molecule has 0 aromatic rings. The fourth-order valence-electron chi connectivity index (χ4n) is 2.85. The van der Waals surface area contributed by atoms with Crippen LogP contribution in [0.15, 0.2) is 0 Å². The first kappa shape index (κ1) is 15.0. The maximum Gasteiger partial charge on any atom is 0.0198 e. The van der Waals surface area contributed by atoms with E-state index in [1.807, 2.05) is 0 Å². The van der Waals surface area contributed by atoms with Crippen LogP contribution in [0.4, 0.5) is 0 Å². The number of rotatable bonds is 7. The van der Waals surface area contributed by atoms with E-state index in [1.165, 1.54) is 51.7 Å². The van der Waals surface area contributed by atoms with Gasteiger partial charge in [-0.1, -0.05) is 40.0 Å². The number of unbranched alkanes of at least 4 members (excludes halogenated alkanes) is 2. The van der Waals surface area contributed by atoms with Gasteiger partial charge in [-0.2, -0.15) is 0 Å². The van der Waals surface area contributed by atoms with Crippen LogP contribution >= 0.6 is 0 Å². The van der Waals surface area contributed by atoms with Gasteiger partial charge >= 0.3 is 0 Å². The highest BCUT2D eigenvalue weighted by Crippen LogP contribution is 2.15. The van der Waals surface area contributed by atoms with Gasteiger partial charge < -0.3 is 5.32 Å². The number of nitrogens with one attached hydrogen (secondary N) is 1. The molecular formula is C15H32N2. The lowest BCUT2D eigenvalue weighted by Gasteiger charge is -2.38. The first-order chi connectivity index (χ1) is 8.13. The smallest absolute Gasteiger partial charge is 0.0198 e. The topological polar surface area (TPSA) is 15.3 Å². The molecule has 2 atom stereocenters. The number of hydrogen-bond acceptors (Lipinski definition) is 2. The van der Waals surface area contributed by atoms with Crippen LogP contribution in [0, 0.1) is 5.92 Å². The van der Waals surface area contributed by atoms with Gasteiger partial charge in [0.05, 0.1) is 0 Å². The Labute approximate surface area is 108 Å². The number of piperazine rings is 1. The van der Waals surface area contributed by atoms with Crippen molar-refractivity contribution < 1.29 is 0 Å². The number of hydrogen-bond donors (Lipinski definition) is 1. The van der Waals surface area contributed by atoms with Gasteiger partial charge in [-0.15, -0.1) is 0 Å². The minimum Gasteiger partial charge on any atom is -0.311 e. The van der Waals surface area contributed by atoms with E-state index in [4.69, 9.17) is 0 Å². The second kappa shape index (κ2) is 8.10. The molecule has 1 fully saturated rings. The molecule has 2 unspecified atom stereocenters. The van der Waals surface area contributed by atoms with Crippen LogP contribution in [-0.4, -0.2) is 36.6 Å². The zero-order valence-corrected chi connectivity index (χ0v) is 12.3. The summed E-state index contributed by atoms with van der Waals surface area (Å²) in [5.74, 6) is 0.808. The monoisotopic (exact) mass is 240 g/mol. The van der Waals surface area contributed by atoms with Crippen molar-refractivity contribution >= 4 is 0 Å². The molecule has 1 aliphatic rings. The quantitative estimate of drug-likeness (QED) is 0.687. The van der Waals surface area contributed by atoms with Crippen LogP contribution in [0.3, 0.4) is 0 Å². The van der Waals surface area contributed by atoms with Gasteiger partial charge in [-0.25, -0.2) is 0 Å². The van der Waals surface area contributed by atoms with E-state index in [9.17, 15) is 0 Å². The molecule has 2 nitrogen and oxygen atoms in total. The lowest BCUT2D eigenvalue weighted by molar-refractivity contribution is 0.136. The summed E-state index contributed by atoms with van der Waals surface area (Å²) in [5, 5.41) is 3.66. The van der Waals surface area contributed by atoms with Gasteiger partial charge in [0, 0.05) is 31.7 Å². The van der Waals surface area contributed by atoms with E-state index in [2.05, 4.69) is 37.9 Å². The van der Waals surface area contributed by atoms with Gasteiger partial charge in [-0.05, 0) is 25.7 Å². The van der Waals surface area contributed by atoms with Crippen LogP contribution < -0.4 is 5.32 Å². The van der Waals surface area contributed by atoms with Crippen LogP contribution in [0.2, 0.25) is 0 Å². The standard InChI is InChI=1S/C15H32N2/c1-5-6-7-8-14(4)17-10-9-16-15(12-17)11-13(2)3/h13-16H,5-12H2,1-4H3. The van der Waals surface area contributed by atoms with Gasteiger partial charge in [0.2, 0.25) is 0 Å². The SMILES string of the molecule is CCCCCC(C)N1CCNC(CC(C)C)C1. The van der Waals surface area contributed by atoms with Crippen LogP contribution in [-0.2, 0) is 0 Å². The molecule has 1 heterocycles. The Hall–Kier alpha value is -0.0800. The highest BCUT2D eigenvalue weighted by Gasteiger charge is 2.23. The molecule has 1 aliphatic heterocycles. The molecule has 102 valence electrons. The normalized spacial score (nSPS) is 24.2. The largest absolute Gasteiger partial charge is 0.311 e. The van der Waals surface area contributed by atoms with Gasteiger partial charge in [-0.3, -0.25) is 4.90 Å². The summed E-state index contributed by atoms with van der Waals surface area (Å²) in [5.41, 5.74) is 0. The third kappa shape index (κ3) is 5.87. The minimum absolute atomic E-state index is 0.720. The van der Waals surface area contributed by atoms with Crippen molar-refractivity contribution in [1.82, 2.24) is 10.2 Å². The van der Waals surface area contributed by atoms with E-state index in [0.29, 0.717) is 0 Å². The summed E-state index contributed by atoms with van der Waals surface area (Å²) < 4.78 is 0. The average molecular weight is 240 g/mol. The van der Waals surface area contributed by atoms with Gasteiger partial charge in [0.25, 0.3) is 0 Å². The Morgan fingerprint density at radius 3 is 2.65 bits per heavy atom. The van der Waals surface area contributed by atoms with Crippen LogP contribution in [0.25, 0.3) is 0 Å². The van der Waals surface area contributed by atoms with Crippen molar-refractivity contribution in [3.8, 4) is 0 Å². The molecule has 0 amide bonds. The van der Waals surface area contributed by atoms with E-state index in [-0.39, 0.29) is 0 Å². The molecule has 0 bridgehead atoms. The summed E-state index contributed by atoms with van der Waals surface area (Å²) in [6, 6.07) is 1.50. The lowest BCUT2D eigenvalue weighted by atomic mass is 10.00. The summed E-state index contributed by atoms with van der Waals surface area (Å²) in [6.45, 7) is 13.0. The second-order valence-electron chi connectivity index (χ2n) is 6.12. The Morgan fingerprint density at radius 2 is 2.00 bits per heavy atom. The first-order valence-electron chi connectivity index (χ1n) is 7.61. The maximum atomic E-state index is 3.66. The zero-order valence-electron chi connectivity index (χ0n) is 12.3. The van der Waals surface area contributed by atoms with Crippen molar-refractivity contribution in [2.45, 2.75) is 71.9 Å². The molecule has 2 heteroatoms. The summed E-state index contributed by atoms with van der Waals surface area (Å²) in [6.07, 6.45) is 6.83. The molecule has 0 saturated carbocycles. The van der Waals surface area contributed by atoms with Crippen molar-refractivity contribution in [2.24, 2.45) is 5.92 Å². The van der Waals surface area contributed by atoms with Crippen molar-refractivity contribution in [1.29, 1.82) is 0 Å². The predicted octanol–water partition coefficient (Wildman–Crippen LogP) is 3.28. The summed E-state index contributed by atoms with van der Waals surface area (Å²) in [4.78, 5) is 2.69. The zero-order chi connectivity index (χ0) is 12.7. The summed E-state index contributed by atoms with van der Waals surface area (Å²) >= 11 is 0. The van der Waals surface area contributed by atoms with Crippen LogP contribution in [0.5, 0.6) is 0 Å². The van der Waals surface area contributed by atoms with E-state index in [1.54, 1.807) is 0 Å². The Bertz CT molecular complexity index is 191. The minimum atomic E-state index is 0.720. The summed E-state index contributed by atoms with van der Waals surface area (Å²) in [7, 11) is 0. The first-order valence-corrected chi connectivity index (χ1v) is 7.61. The fraction of sp³-hybridized carbons (Fsp3) is 1.00. The van der Waals surface area contributed by atoms with Crippen molar-refractivity contribution in [3.05, 3.63) is 0 Å². The maximum absolute atomic E-state index is 3.66. The van der Waals surface area contributed by atoms with E-state index >= 15 is 0 Å². The third-order valence-electron chi connectivity index (χ3n) is 3.89. The molecule has 0 aromatic carbocycles. The van der Waals surface area contributed by atoms with Gasteiger partial charge in [0.15, 0.2) is 0 Å². The molecule has 0 aromatic heterocycles. The average Bonchev–Trinajstić information content (AvgIpc) is 2.28. The molecule has 1 rings (SSSR count). The van der Waals surface area contributed by atoms with Crippen LogP contribution in [0.1, 0.15) is 59.8 Å². The fourth-order valence-corrected chi connectivity index (χ4v) is 2.85. The number of nitrogens with zero attached hydrogens (tertiary/aromatic N) is 1. The molecule has 0 radical (unpaired) electrons. The molecular weight excluding hydrogens is 208 g/mol. The highest BCUT2D eigenvalue weighted by molar-refractivity contribution is 4.82. The van der Waals surface area contributed by atoms with Crippen molar-refractivity contribution in [2.75, 3.05) is 19.6 Å². The Morgan fingerprint density at radius 1 is 1.24 bits per heavy atom. The molecule has 1 saturated heterocycles. The second-order valence-corrected chi connectivity index (χ2v) is 6.12. The Kier molecular flexibility index (Phi) is 7.14. The van der Waals surface area contributed by atoms with E-state index < -0.39 is 0 Å².